The quantitative estimate of drug-likeness (QED) is 0.766. The average Bonchev–Trinajstić information content (AvgIpc) is 2.72. The normalized spacial score (nSPS) is 15.5. The van der Waals surface area contributed by atoms with E-state index in [4.69, 9.17) is 9.47 Å². The van der Waals surface area contributed by atoms with Gasteiger partial charge in [-0.25, -0.2) is 5.10 Å². The highest BCUT2D eigenvalue weighted by Gasteiger charge is 2.27. The molecular weight excluding hydrogens is 346 g/mol. The second kappa shape index (κ2) is 7.11. The first kappa shape index (κ1) is 17.1. The second-order valence-electron chi connectivity index (χ2n) is 6.29. The van der Waals surface area contributed by atoms with Crippen molar-refractivity contribution in [2.75, 3.05) is 19.7 Å². The van der Waals surface area contributed by atoms with Crippen LogP contribution in [0.5, 0.6) is 11.5 Å². The van der Waals surface area contributed by atoms with Crippen molar-refractivity contribution in [3.8, 4) is 11.5 Å². The van der Waals surface area contributed by atoms with Gasteiger partial charge in [0.05, 0.1) is 11.9 Å². The minimum atomic E-state index is -0.314. The Balaban J connectivity index is 1.58. The number of carbonyl (C=O) groups is 1. The van der Waals surface area contributed by atoms with Crippen LogP contribution in [0.3, 0.4) is 0 Å². The predicted octanol–water partition coefficient (Wildman–Crippen LogP) is 2.23. The fourth-order valence-corrected chi connectivity index (χ4v) is 3.18. The van der Waals surface area contributed by atoms with Gasteiger partial charge in [0.1, 0.15) is 6.61 Å². The van der Waals surface area contributed by atoms with E-state index in [0.29, 0.717) is 42.0 Å². The number of hydrogen-bond acceptors (Lipinski definition) is 5. The fraction of sp³-hybridized carbons (Fsp3) is 0.250. The zero-order valence-electron chi connectivity index (χ0n) is 14.8. The number of amides is 1. The maximum Gasteiger partial charge on any atom is 0.275 e. The third-order valence-electron chi connectivity index (χ3n) is 4.56. The smallest absolute Gasteiger partial charge is 0.275 e. The van der Waals surface area contributed by atoms with Gasteiger partial charge in [-0.15, -0.1) is 0 Å². The first-order valence-corrected chi connectivity index (χ1v) is 8.82. The number of nitrogens with zero attached hydrogens (tertiary/aromatic N) is 2. The van der Waals surface area contributed by atoms with Crippen molar-refractivity contribution >= 4 is 16.7 Å². The van der Waals surface area contributed by atoms with Crippen LogP contribution < -0.4 is 15.0 Å². The Bertz CT molecular complexity index is 1050. The maximum absolute atomic E-state index is 13.1. The summed E-state index contributed by atoms with van der Waals surface area (Å²) < 4.78 is 11.7. The molecule has 0 saturated carbocycles. The second-order valence-corrected chi connectivity index (χ2v) is 6.29. The number of nitrogens with one attached hydrogen (secondary N) is 1. The lowest BCUT2D eigenvalue weighted by atomic mass is 10.1. The van der Waals surface area contributed by atoms with Gasteiger partial charge in [-0.05, 0) is 25.1 Å². The lowest BCUT2D eigenvalue weighted by Crippen LogP contribution is -2.44. The van der Waals surface area contributed by atoms with Crippen LogP contribution in [-0.4, -0.2) is 46.8 Å². The first-order valence-electron chi connectivity index (χ1n) is 8.82. The molecule has 138 valence electrons. The number of aromatic nitrogens is 2. The highest BCUT2D eigenvalue weighted by molar-refractivity contribution is 6.04. The van der Waals surface area contributed by atoms with E-state index >= 15 is 0 Å². The van der Waals surface area contributed by atoms with E-state index in [-0.39, 0.29) is 23.3 Å². The SMILES string of the molecule is CCN(CC1COc2ccccc2O1)C(=O)c1n[nH]c(=O)c2ccccc12. The van der Waals surface area contributed by atoms with Crippen LogP contribution in [0.4, 0.5) is 0 Å². The Morgan fingerprint density at radius 3 is 2.63 bits per heavy atom. The molecule has 0 spiro atoms. The molecule has 0 saturated heterocycles. The van der Waals surface area contributed by atoms with Gasteiger partial charge in [0.15, 0.2) is 23.3 Å². The van der Waals surface area contributed by atoms with Gasteiger partial charge in [-0.1, -0.05) is 30.3 Å². The van der Waals surface area contributed by atoms with Gasteiger partial charge in [0, 0.05) is 11.9 Å². The molecule has 27 heavy (non-hydrogen) atoms. The van der Waals surface area contributed by atoms with Crippen molar-refractivity contribution in [1.29, 1.82) is 0 Å². The van der Waals surface area contributed by atoms with Crippen molar-refractivity contribution in [2.24, 2.45) is 0 Å². The van der Waals surface area contributed by atoms with Gasteiger partial charge < -0.3 is 14.4 Å². The van der Waals surface area contributed by atoms with E-state index in [9.17, 15) is 9.59 Å². The number of benzene rings is 2. The number of aromatic amines is 1. The van der Waals surface area contributed by atoms with Crippen LogP contribution in [-0.2, 0) is 0 Å². The fourth-order valence-electron chi connectivity index (χ4n) is 3.18. The molecule has 7 nitrogen and oxygen atoms in total. The van der Waals surface area contributed by atoms with Crippen molar-refractivity contribution in [1.82, 2.24) is 15.1 Å². The molecule has 0 radical (unpaired) electrons. The van der Waals surface area contributed by atoms with Crippen LogP contribution in [0.2, 0.25) is 0 Å². The van der Waals surface area contributed by atoms with Gasteiger partial charge >= 0.3 is 0 Å². The van der Waals surface area contributed by atoms with Crippen LogP contribution in [0.25, 0.3) is 10.8 Å². The van der Waals surface area contributed by atoms with Gasteiger partial charge in [-0.3, -0.25) is 9.59 Å². The standard InChI is InChI=1S/C20H19N3O4/c1-2-23(11-13-12-26-16-9-5-6-10-17(16)27-13)20(25)18-14-7-3-4-8-15(14)19(24)22-21-18/h3-10,13H,2,11-12H2,1H3,(H,22,24). The van der Waals surface area contributed by atoms with E-state index in [1.165, 1.54) is 0 Å². The lowest BCUT2D eigenvalue weighted by molar-refractivity contribution is 0.0472. The number of H-pyrrole nitrogens is 1. The first-order chi connectivity index (χ1) is 13.2. The average molecular weight is 365 g/mol. The van der Waals surface area contributed by atoms with Crippen molar-refractivity contribution in [3.05, 3.63) is 64.6 Å². The lowest BCUT2D eigenvalue weighted by Gasteiger charge is -2.30. The maximum atomic E-state index is 13.1. The minimum Gasteiger partial charge on any atom is -0.486 e. The molecule has 2 heterocycles. The number of rotatable bonds is 4. The Morgan fingerprint density at radius 2 is 1.85 bits per heavy atom. The summed E-state index contributed by atoms with van der Waals surface area (Å²) >= 11 is 0. The van der Waals surface area contributed by atoms with Crippen molar-refractivity contribution in [3.63, 3.8) is 0 Å². The van der Waals surface area contributed by atoms with E-state index < -0.39 is 0 Å². The number of fused-ring (bicyclic) bond motifs is 2. The van der Waals surface area contributed by atoms with Crippen LogP contribution in [0, 0.1) is 0 Å². The summed E-state index contributed by atoms with van der Waals surface area (Å²) in [5, 5.41) is 7.39. The van der Waals surface area contributed by atoms with Crippen LogP contribution in [0.1, 0.15) is 17.4 Å². The molecule has 2 aromatic carbocycles. The summed E-state index contributed by atoms with van der Waals surface area (Å²) in [6, 6.07) is 14.4. The molecule has 1 aromatic heterocycles. The summed E-state index contributed by atoms with van der Waals surface area (Å²) in [5.41, 5.74) is -0.0880. The molecule has 1 N–H and O–H groups in total. The van der Waals surface area contributed by atoms with Crippen LogP contribution in [0.15, 0.2) is 53.3 Å². The Kier molecular flexibility index (Phi) is 4.50. The summed E-state index contributed by atoms with van der Waals surface area (Å²) in [5.74, 6) is 1.12. The summed E-state index contributed by atoms with van der Waals surface area (Å²) in [4.78, 5) is 26.7. The number of carbonyl (C=O) groups excluding carboxylic acids is 1. The van der Waals surface area contributed by atoms with Gasteiger partial charge in [0.25, 0.3) is 11.5 Å². The molecule has 0 aliphatic carbocycles. The summed E-state index contributed by atoms with van der Waals surface area (Å²) in [7, 11) is 0. The Labute approximate surface area is 155 Å². The number of likely N-dealkylation sites (N-methyl/N-ethyl adjacent to an activating group) is 1. The molecular formula is C20H19N3O4. The van der Waals surface area contributed by atoms with E-state index in [0.717, 1.165) is 0 Å². The summed E-state index contributed by atoms with van der Waals surface area (Å²) in [6.07, 6.45) is -0.280. The topological polar surface area (TPSA) is 84.5 Å². The predicted molar refractivity (Wildman–Crippen MR) is 100 cm³/mol. The molecule has 1 unspecified atom stereocenters. The third-order valence-corrected chi connectivity index (χ3v) is 4.56. The molecule has 0 fully saturated rings. The third kappa shape index (κ3) is 3.23. The molecule has 1 amide bonds. The van der Waals surface area contributed by atoms with Gasteiger partial charge in [-0.2, -0.15) is 5.10 Å². The zero-order valence-corrected chi connectivity index (χ0v) is 14.8. The van der Waals surface area contributed by atoms with E-state index in [1.807, 2.05) is 31.2 Å². The number of ether oxygens (including phenoxy) is 2. The molecule has 7 heteroatoms. The molecule has 4 rings (SSSR count). The monoisotopic (exact) mass is 365 g/mol. The van der Waals surface area contributed by atoms with E-state index in [2.05, 4.69) is 10.2 Å². The zero-order chi connectivity index (χ0) is 18.8. The van der Waals surface area contributed by atoms with Crippen molar-refractivity contribution < 1.29 is 14.3 Å². The number of hydrogen-bond donors (Lipinski definition) is 1. The van der Waals surface area contributed by atoms with Crippen molar-refractivity contribution in [2.45, 2.75) is 13.0 Å². The van der Waals surface area contributed by atoms with Crippen LogP contribution >= 0.6 is 0 Å². The molecule has 0 bridgehead atoms. The van der Waals surface area contributed by atoms with Gasteiger partial charge in [0.2, 0.25) is 0 Å². The molecule has 1 aliphatic rings. The molecule has 1 aliphatic heterocycles. The Hall–Kier alpha value is -3.35. The largest absolute Gasteiger partial charge is 0.486 e. The Morgan fingerprint density at radius 1 is 1.15 bits per heavy atom. The van der Waals surface area contributed by atoms with E-state index in [1.54, 1.807) is 29.2 Å². The highest BCUT2D eigenvalue weighted by atomic mass is 16.6. The highest BCUT2D eigenvalue weighted by Crippen LogP contribution is 2.31. The molecule has 3 aromatic rings. The minimum absolute atomic E-state index is 0.226. The summed E-state index contributed by atoms with van der Waals surface area (Å²) in [6.45, 7) is 3.10. The molecule has 1 atom stereocenters. The number of para-hydroxylation sites is 2.